The van der Waals surface area contributed by atoms with Crippen molar-refractivity contribution in [2.75, 3.05) is 5.32 Å². The van der Waals surface area contributed by atoms with Gasteiger partial charge < -0.3 is 10.3 Å². The maximum atomic E-state index is 14.1. The lowest BCUT2D eigenvalue weighted by Gasteiger charge is -2.04. The van der Waals surface area contributed by atoms with Gasteiger partial charge in [-0.25, -0.2) is 19.3 Å². The molecule has 0 spiro atoms. The van der Waals surface area contributed by atoms with Gasteiger partial charge in [0, 0.05) is 12.4 Å². The van der Waals surface area contributed by atoms with E-state index in [0.717, 1.165) is 5.52 Å². The summed E-state index contributed by atoms with van der Waals surface area (Å²) in [7, 11) is 0. The quantitative estimate of drug-likeness (QED) is 0.574. The van der Waals surface area contributed by atoms with E-state index >= 15 is 0 Å². The molecule has 0 fully saturated rings. The Hall–Kier alpha value is -2.99. The summed E-state index contributed by atoms with van der Waals surface area (Å²) in [6.07, 6.45) is 3.32. The second kappa shape index (κ2) is 5.90. The molecule has 0 unspecified atom stereocenters. The Morgan fingerprint density at radius 1 is 1.00 bits per heavy atom. The zero-order chi connectivity index (χ0) is 16.5. The smallest absolute Gasteiger partial charge is 0.159 e. The van der Waals surface area contributed by atoms with Crippen molar-refractivity contribution in [1.82, 2.24) is 19.9 Å². The first-order chi connectivity index (χ1) is 11.7. The normalized spacial score (nSPS) is 10.9. The molecule has 0 aliphatic carbocycles. The van der Waals surface area contributed by atoms with Crippen LogP contribution in [-0.4, -0.2) is 19.9 Å². The van der Waals surface area contributed by atoms with Crippen molar-refractivity contribution in [2.45, 2.75) is 0 Å². The molecular formula is C17H11ClFN5. The van der Waals surface area contributed by atoms with Crippen molar-refractivity contribution in [2.24, 2.45) is 0 Å². The fraction of sp³-hybridized carbons (Fsp3) is 0. The van der Waals surface area contributed by atoms with E-state index in [2.05, 4.69) is 25.3 Å². The third kappa shape index (κ3) is 2.57. The fourth-order valence-corrected chi connectivity index (χ4v) is 2.68. The summed E-state index contributed by atoms with van der Waals surface area (Å²) >= 11 is 6.12. The Labute approximate surface area is 141 Å². The maximum Gasteiger partial charge on any atom is 0.159 e. The number of nitrogens with one attached hydrogen (secondary N) is 2. The van der Waals surface area contributed by atoms with E-state index in [9.17, 15) is 4.39 Å². The Bertz CT molecular complexity index is 996. The number of pyridine rings is 2. The molecule has 0 saturated heterocycles. The van der Waals surface area contributed by atoms with Crippen molar-refractivity contribution in [1.29, 1.82) is 0 Å². The second-order valence-corrected chi connectivity index (χ2v) is 5.48. The predicted octanol–water partition coefficient (Wildman–Crippen LogP) is 4.56. The number of imidazole rings is 1. The minimum Gasteiger partial charge on any atom is -0.338 e. The van der Waals surface area contributed by atoms with Crippen LogP contribution in [0.4, 0.5) is 16.0 Å². The molecule has 24 heavy (non-hydrogen) atoms. The standard InChI is InChI=1S/C17H11ClFN5/c18-10-4-3-5-11(19)14(10)16-22-12-7-9-21-17(15(12)24-16)23-13-6-1-2-8-20-13/h1-9H,(H,22,24)(H,20,21,23). The monoisotopic (exact) mass is 339 g/mol. The Morgan fingerprint density at radius 2 is 1.92 bits per heavy atom. The number of halogens is 2. The average molecular weight is 340 g/mol. The molecule has 0 aliphatic heterocycles. The van der Waals surface area contributed by atoms with Crippen LogP contribution in [0.2, 0.25) is 5.02 Å². The molecule has 0 bridgehead atoms. The lowest BCUT2D eigenvalue weighted by Crippen LogP contribution is -1.96. The summed E-state index contributed by atoms with van der Waals surface area (Å²) in [5.41, 5.74) is 1.54. The zero-order valence-electron chi connectivity index (χ0n) is 12.3. The summed E-state index contributed by atoms with van der Waals surface area (Å²) < 4.78 is 14.1. The summed E-state index contributed by atoms with van der Waals surface area (Å²) in [4.78, 5) is 16.0. The van der Waals surface area contributed by atoms with E-state index in [1.54, 1.807) is 30.6 Å². The van der Waals surface area contributed by atoms with E-state index in [-0.39, 0.29) is 5.56 Å². The molecular weight excluding hydrogens is 329 g/mol. The van der Waals surface area contributed by atoms with E-state index in [4.69, 9.17) is 11.6 Å². The largest absolute Gasteiger partial charge is 0.338 e. The van der Waals surface area contributed by atoms with Crippen molar-refractivity contribution in [3.8, 4) is 11.4 Å². The zero-order valence-corrected chi connectivity index (χ0v) is 13.0. The van der Waals surface area contributed by atoms with Gasteiger partial charge in [-0.15, -0.1) is 0 Å². The van der Waals surface area contributed by atoms with Crippen LogP contribution < -0.4 is 5.32 Å². The highest BCUT2D eigenvalue weighted by molar-refractivity contribution is 6.33. The minimum absolute atomic E-state index is 0.235. The highest BCUT2D eigenvalue weighted by Crippen LogP contribution is 2.31. The average Bonchev–Trinajstić information content (AvgIpc) is 3.00. The number of nitrogens with zero attached hydrogens (tertiary/aromatic N) is 3. The summed E-state index contributed by atoms with van der Waals surface area (Å²) in [6, 6.07) is 11.8. The van der Waals surface area contributed by atoms with Gasteiger partial charge in [-0.05, 0) is 30.3 Å². The predicted molar refractivity (Wildman–Crippen MR) is 91.8 cm³/mol. The van der Waals surface area contributed by atoms with Gasteiger partial charge in [-0.1, -0.05) is 23.7 Å². The van der Waals surface area contributed by atoms with Gasteiger partial charge in [0.05, 0.1) is 16.1 Å². The van der Waals surface area contributed by atoms with Crippen LogP contribution in [0.25, 0.3) is 22.4 Å². The highest BCUT2D eigenvalue weighted by atomic mass is 35.5. The van der Waals surface area contributed by atoms with Crippen LogP contribution in [0.1, 0.15) is 0 Å². The van der Waals surface area contributed by atoms with Crippen LogP contribution in [0.5, 0.6) is 0 Å². The first kappa shape index (κ1) is 14.6. The molecule has 0 atom stereocenters. The summed E-state index contributed by atoms with van der Waals surface area (Å²) in [5, 5.41) is 3.40. The van der Waals surface area contributed by atoms with E-state index in [1.165, 1.54) is 6.07 Å². The van der Waals surface area contributed by atoms with Crippen molar-refractivity contribution >= 4 is 34.3 Å². The van der Waals surface area contributed by atoms with Gasteiger partial charge in [0.15, 0.2) is 5.82 Å². The topological polar surface area (TPSA) is 66.5 Å². The van der Waals surface area contributed by atoms with Gasteiger partial charge in [0.1, 0.15) is 23.0 Å². The molecule has 3 aromatic heterocycles. The molecule has 4 aromatic rings. The van der Waals surface area contributed by atoms with Crippen molar-refractivity contribution < 1.29 is 4.39 Å². The Balaban J connectivity index is 1.83. The molecule has 0 saturated carbocycles. The number of benzene rings is 1. The Morgan fingerprint density at radius 3 is 2.71 bits per heavy atom. The number of hydrogen-bond donors (Lipinski definition) is 2. The van der Waals surface area contributed by atoms with Crippen LogP contribution in [0.15, 0.2) is 54.9 Å². The van der Waals surface area contributed by atoms with Gasteiger partial charge in [-0.3, -0.25) is 0 Å². The van der Waals surface area contributed by atoms with E-state index < -0.39 is 5.82 Å². The number of aromatic amines is 1. The molecule has 3 heterocycles. The molecule has 118 valence electrons. The molecule has 0 amide bonds. The second-order valence-electron chi connectivity index (χ2n) is 5.08. The molecule has 1 aromatic carbocycles. The molecule has 0 radical (unpaired) electrons. The summed E-state index contributed by atoms with van der Waals surface area (Å²) in [6.45, 7) is 0. The molecule has 2 N–H and O–H groups in total. The highest BCUT2D eigenvalue weighted by Gasteiger charge is 2.16. The van der Waals surface area contributed by atoms with E-state index in [1.807, 2.05) is 18.2 Å². The molecule has 7 heteroatoms. The van der Waals surface area contributed by atoms with Crippen molar-refractivity contribution in [3.05, 3.63) is 65.7 Å². The lowest BCUT2D eigenvalue weighted by molar-refractivity contribution is 0.630. The van der Waals surface area contributed by atoms with Crippen LogP contribution in [-0.2, 0) is 0 Å². The van der Waals surface area contributed by atoms with E-state index in [0.29, 0.717) is 28.0 Å². The van der Waals surface area contributed by atoms with Crippen LogP contribution in [0, 0.1) is 5.82 Å². The number of hydrogen-bond acceptors (Lipinski definition) is 4. The molecule has 5 nitrogen and oxygen atoms in total. The number of fused-ring (bicyclic) bond motifs is 1. The lowest BCUT2D eigenvalue weighted by atomic mass is 10.2. The summed E-state index contributed by atoms with van der Waals surface area (Å²) in [5.74, 6) is 1.09. The van der Waals surface area contributed by atoms with Gasteiger partial charge in [0.25, 0.3) is 0 Å². The number of aromatic nitrogens is 4. The number of rotatable bonds is 3. The van der Waals surface area contributed by atoms with Crippen LogP contribution in [0.3, 0.4) is 0 Å². The van der Waals surface area contributed by atoms with Crippen molar-refractivity contribution in [3.63, 3.8) is 0 Å². The Kier molecular flexibility index (Phi) is 3.59. The first-order valence-electron chi connectivity index (χ1n) is 7.19. The van der Waals surface area contributed by atoms with Gasteiger partial charge >= 0.3 is 0 Å². The first-order valence-corrected chi connectivity index (χ1v) is 7.57. The third-order valence-corrected chi connectivity index (χ3v) is 3.83. The minimum atomic E-state index is -0.436. The van der Waals surface area contributed by atoms with Crippen LogP contribution >= 0.6 is 11.6 Å². The third-order valence-electron chi connectivity index (χ3n) is 3.51. The number of H-pyrrole nitrogens is 1. The SMILES string of the molecule is Fc1cccc(Cl)c1-c1nc2c(Nc3ccccn3)nccc2[nH]1. The molecule has 0 aliphatic rings. The number of anilines is 2. The molecule has 4 rings (SSSR count). The van der Waals surface area contributed by atoms with Gasteiger partial charge in [-0.2, -0.15) is 0 Å². The maximum absolute atomic E-state index is 14.1. The fourth-order valence-electron chi connectivity index (χ4n) is 2.43. The van der Waals surface area contributed by atoms with Gasteiger partial charge in [0.2, 0.25) is 0 Å².